The molecule has 2 saturated heterocycles. The van der Waals surface area contributed by atoms with Crippen LogP contribution in [-0.4, -0.2) is 45.0 Å². The predicted molar refractivity (Wildman–Crippen MR) is 144 cm³/mol. The number of rotatable bonds is 4. The van der Waals surface area contributed by atoms with Crippen molar-refractivity contribution in [2.75, 3.05) is 18.0 Å². The highest BCUT2D eigenvalue weighted by Crippen LogP contribution is 2.37. The van der Waals surface area contributed by atoms with Crippen LogP contribution in [0.1, 0.15) is 36.1 Å². The Morgan fingerprint density at radius 3 is 2.54 bits per heavy atom. The predicted octanol–water partition coefficient (Wildman–Crippen LogP) is 4.23. The molecule has 2 aliphatic rings. The fourth-order valence-corrected chi connectivity index (χ4v) is 5.94. The molecule has 0 radical (unpaired) electrons. The smallest absolute Gasteiger partial charge is 0.270 e. The van der Waals surface area contributed by atoms with Gasteiger partial charge in [0.1, 0.15) is 21.8 Å². The number of halogens is 1. The lowest BCUT2D eigenvalue weighted by atomic mass is 10.0. The van der Waals surface area contributed by atoms with Crippen LogP contribution in [-0.2, 0) is 23.1 Å². The molecule has 1 aromatic heterocycles. The maximum atomic E-state index is 13.4. The van der Waals surface area contributed by atoms with Gasteiger partial charge in [0.15, 0.2) is 0 Å². The third-order valence-electron chi connectivity index (χ3n) is 6.12. The van der Waals surface area contributed by atoms with Gasteiger partial charge in [-0.15, -0.1) is 0 Å². The number of benzene rings is 1. The van der Waals surface area contributed by atoms with Gasteiger partial charge in [-0.05, 0) is 44.0 Å². The third kappa shape index (κ3) is 4.89. The van der Waals surface area contributed by atoms with Gasteiger partial charge in [-0.1, -0.05) is 53.8 Å². The number of hydrogen-bond donors (Lipinski definition) is 0. The molecule has 0 bridgehead atoms. The molecule has 7 nitrogen and oxygen atoms in total. The van der Waals surface area contributed by atoms with Crippen LogP contribution in [0.3, 0.4) is 0 Å². The number of thiocarbonyl (C=S) groups is 1. The third-order valence-corrected chi connectivity index (χ3v) is 7.87. The number of carbonyl (C=O) groups excluding carboxylic acids is 1. The molecule has 2 unspecified atom stereocenters. The Bertz CT molecular complexity index is 1340. The summed E-state index contributed by atoms with van der Waals surface area (Å²) in [5, 5.41) is 10.3. The lowest BCUT2D eigenvalue weighted by Crippen LogP contribution is -2.47. The molecule has 1 amide bonds. The van der Waals surface area contributed by atoms with Crippen molar-refractivity contribution in [3.63, 3.8) is 0 Å². The summed E-state index contributed by atoms with van der Waals surface area (Å²) in [7, 11) is 1.66. The lowest BCUT2D eigenvalue weighted by molar-refractivity contribution is -0.122. The van der Waals surface area contributed by atoms with Gasteiger partial charge in [0, 0.05) is 30.7 Å². The first kappa shape index (κ1) is 25.5. The van der Waals surface area contributed by atoms with E-state index in [0.29, 0.717) is 44.3 Å². The van der Waals surface area contributed by atoms with Crippen LogP contribution in [0.15, 0.2) is 34.0 Å². The van der Waals surface area contributed by atoms with Crippen LogP contribution in [0.25, 0.3) is 6.08 Å². The average Bonchev–Trinajstić information content (AvgIpc) is 3.06. The summed E-state index contributed by atoms with van der Waals surface area (Å²) < 4.78 is 7.80. The minimum Gasteiger partial charge on any atom is -0.372 e. The minimum absolute atomic E-state index is 0.0357. The Morgan fingerprint density at radius 2 is 1.91 bits per heavy atom. The van der Waals surface area contributed by atoms with Crippen LogP contribution in [0, 0.1) is 18.3 Å². The SMILES string of the molecule is Cc1c(/C=C2\SC(=S)N(Cc3ccccc3Cl)C2=O)c(N2CC(C)OC(C)C2)n(C)c(=O)c1C#N. The van der Waals surface area contributed by atoms with Gasteiger partial charge < -0.3 is 9.64 Å². The number of pyridine rings is 1. The van der Waals surface area contributed by atoms with Crippen molar-refractivity contribution < 1.29 is 9.53 Å². The molecule has 2 atom stereocenters. The van der Waals surface area contributed by atoms with Gasteiger partial charge in [-0.2, -0.15) is 5.26 Å². The van der Waals surface area contributed by atoms with Crippen LogP contribution < -0.4 is 10.5 Å². The summed E-state index contributed by atoms with van der Waals surface area (Å²) in [6, 6.07) is 9.37. The summed E-state index contributed by atoms with van der Waals surface area (Å²) in [6.45, 7) is 7.14. The summed E-state index contributed by atoms with van der Waals surface area (Å²) in [5.74, 6) is 0.422. The van der Waals surface area contributed by atoms with Crippen molar-refractivity contribution in [3.8, 4) is 6.07 Å². The molecule has 0 aliphatic carbocycles. The number of hydrogen-bond acceptors (Lipinski definition) is 7. The van der Waals surface area contributed by atoms with Gasteiger partial charge in [0.25, 0.3) is 11.5 Å². The Kier molecular flexibility index (Phi) is 7.38. The highest BCUT2D eigenvalue weighted by Gasteiger charge is 2.34. The van der Waals surface area contributed by atoms with Gasteiger partial charge in [0.05, 0.1) is 23.7 Å². The standard InChI is InChI=1S/C25H25ClN4O3S2/c1-14-11-29(12-15(2)33-14)22-18(16(3)19(10-27)23(31)28(22)4)9-21-24(32)30(25(34)35-21)13-17-7-5-6-8-20(17)26/h5-9,14-15H,11-13H2,1-4H3/b21-9-. The number of anilines is 1. The molecule has 1 aromatic carbocycles. The summed E-state index contributed by atoms with van der Waals surface area (Å²) in [6.07, 6.45) is 1.68. The number of thioether (sulfide) groups is 1. The van der Waals surface area contributed by atoms with Crippen molar-refractivity contribution in [1.29, 1.82) is 5.26 Å². The van der Waals surface area contributed by atoms with E-state index in [0.717, 1.165) is 5.56 Å². The number of amides is 1. The molecule has 10 heteroatoms. The second kappa shape index (κ2) is 10.2. The molecule has 35 heavy (non-hydrogen) atoms. The zero-order valence-corrected chi connectivity index (χ0v) is 22.3. The Morgan fingerprint density at radius 1 is 1.26 bits per heavy atom. The van der Waals surface area contributed by atoms with Crippen LogP contribution in [0.5, 0.6) is 0 Å². The van der Waals surface area contributed by atoms with E-state index in [2.05, 4.69) is 4.90 Å². The average molecular weight is 529 g/mol. The van der Waals surface area contributed by atoms with Gasteiger partial charge in [0.2, 0.25) is 0 Å². The maximum Gasteiger partial charge on any atom is 0.270 e. The maximum absolute atomic E-state index is 13.4. The first-order valence-corrected chi connectivity index (χ1v) is 12.8. The molecule has 182 valence electrons. The van der Waals surface area contributed by atoms with Gasteiger partial charge in [-0.3, -0.25) is 19.1 Å². The highest BCUT2D eigenvalue weighted by atomic mass is 35.5. The van der Waals surface area contributed by atoms with Crippen molar-refractivity contribution in [2.24, 2.45) is 7.05 Å². The lowest BCUT2D eigenvalue weighted by Gasteiger charge is -2.38. The van der Waals surface area contributed by atoms with E-state index in [1.165, 1.54) is 21.2 Å². The zero-order valence-electron chi connectivity index (χ0n) is 19.9. The van der Waals surface area contributed by atoms with Crippen LogP contribution in [0.2, 0.25) is 5.02 Å². The van der Waals surface area contributed by atoms with E-state index in [4.69, 9.17) is 28.6 Å². The highest BCUT2D eigenvalue weighted by molar-refractivity contribution is 8.26. The largest absolute Gasteiger partial charge is 0.372 e. The molecular formula is C25H25ClN4O3S2. The number of nitrogens with zero attached hydrogens (tertiary/aromatic N) is 4. The molecule has 4 rings (SSSR count). The quantitative estimate of drug-likeness (QED) is 0.434. The topological polar surface area (TPSA) is 78.6 Å². The van der Waals surface area contributed by atoms with Crippen LogP contribution in [0.4, 0.5) is 5.82 Å². The molecule has 3 heterocycles. The number of ether oxygens (including phenoxy) is 1. The number of aromatic nitrogens is 1. The van der Waals surface area contributed by atoms with Gasteiger partial charge in [-0.25, -0.2) is 0 Å². The van der Waals surface area contributed by atoms with E-state index in [-0.39, 0.29) is 35.8 Å². The van der Waals surface area contributed by atoms with Crippen molar-refractivity contribution in [2.45, 2.75) is 39.5 Å². The molecule has 0 N–H and O–H groups in total. The van der Waals surface area contributed by atoms with E-state index in [1.54, 1.807) is 26.1 Å². The molecule has 0 saturated carbocycles. The molecular weight excluding hydrogens is 504 g/mol. The molecule has 0 spiro atoms. The van der Waals surface area contributed by atoms with Crippen molar-refractivity contribution >= 4 is 57.7 Å². The second-order valence-corrected chi connectivity index (χ2v) is 10.8. The summed E-state index contributed by atoms with van der Waals surface area (Å²) >= 11 is 13.0. The first-order chi connectivity index (χ1) is 16.6. The zero-order chi connectivity index (χ0) is 25.4. The van der Waals surface area contributed by atoms with Gasteiger partial charge >= 0.3 is 0 Å². The second-order valence-electron chi connectivity index (χ2n) is 8.73. The summed E-state index contributed by atoms with van der Waals surface area (Å²) in [5.41, 5.74) is 1.68. The van der Waals surface area contributed by atoms with Crippen molar-refractivity contribution in [3.05, 3.63) is 66.8 Å². The van der Waals surface area contributed by atoms with E-state index in [1.807, 2.05) is 38.1 Å². The Labute approximate surface area is 218 Å². The van der Waals surface area contributed by atoms with Crippen LogP contribution >= 0.6 is 35.6 Å². The first-order valence-electron chi connectivity index (χ1n) is 11.1. The van der Waals surface area contributed by atoms with E-state index < -0.39 is 0 Å². The minimum atomic E-state index is -0.366. The fraction of sp³-hybridized carbons (Fsp3) is 0.360. The summed E-state index contributed by atoms with van der Waals surface area (Å²) in [4.78, 5) is 30.4. The monoisotopic (exact) mass is 528 g/mol. The van der Waals surface area contributed by atoms with E-state index >= 15 is 0 Å². The molecule has 2 aliphatic heterocycles. The molecule has 2 aromatic rings. The number of nitriles is 1. The Balaban J connectivity index is 1.80. The van der Waals surface area contributed by atoms with Crippen molar-refractivity contribution in [1.82, 2.24) is 9.47 Å². The fourth-order valence-electron chi connectivity index (χ4n) is 4.51. The molecule has 2 fully saturated rings. The Hall–Kier alpha value is -2.64. The van der Waals surface area contributed by atoms with E-state index in [9.17, 15) is 14.9 Å². The number of morpholine rings is 1. The normalized spacial score (nSPS) is 21.7. The number of carbonyl (C=O) groups is 1.